The largest absolute Gasteiger partial charge is 1.00 e. The van der Waals surface area contributed by atoms with Gasteiger partial charge in [-0.05, 0) is 0 Å². The van der Waals surface area contributed by atoms with E-state index in [0.29, 0.717) is 0 Å². The summed E-state index contributed by atoms with van der Waals surface area (Å²) in [5.41, 5.74) is 4.15. The Morgan fingerprint density at radius 2 is 1.28 bits per heavy atom. The molecule has 0 aromatic rings. The molecule has 0 bridgehead atoms. The van der Waals surface area contributed by atoms with Crippen molar-refractivity contribution in [2.45, 2.75) is 18.9 Å². The molecule has 112 valence electrons. The molecule has 2 aliphatic rings. The predicted molar refractivity (Wildman–Crippen MR) is 57.9 cm³/mol. The van der Waals surface area contributed by atoms with Crippen LogP contribution in [0.2, 0.25) is 0 Å². The number of quaternary nitrogens is 3. The average Bonchev–Trinajstić information content (AvgIpc) is 2.30. The standard InChI is InChI=1S/C11H23N3O.3ClH/c12-11-1-3-13(4-2-11)5-6-14-7-9-15-10-8-14;;;/h11H,1-10,12H2;3*1H. The molecule has 2 fully saturated rings. The van der Waals surface area contributed by atoms with Crippen molar-refractivity contribution in [1.29, 1.82) is 0 Å². The van der Waals surface area contributed by atoms with E-state index in [1.165, 1.54) is 52.1 Å². The van der Waals surface area contributed by atoms with E-state index in [-0.39, 0.29) is 37.2 Å². The number of halogens is 3. The van der Waals surface area contributed by atoms with Gasteiger partial charge in [0.05, 0.1) is 32.3 Å². The summed E-state index contributed by atoms with van der Waals surface area (Å²) in [7, 11) is 0. The van der Waals surface area contributed by atoms with Crippen LogP contribution < -0.4 is 52.8 Å². The first-order valence-electron chi connectivity index (χ1n) is 6.42. The van der Waals surface area contributed by atoms with Crippen molar-refractivity contribution in [3.63, 3.8) is 0 Å². The van der Waals surface area contributed by atoms with E-state index < -0.39 is 0 Å². The number of hydrogen-bond acceptors (Lipinski definition) is 1. The number of morpholine rings is 1. The molecule has 5 N–H and O–H groups in total. The molecule has 0 atom stereocenters. The van der Waals surface area contributed by atoms with Crippen LogP contribution >= 0.6 is 0 Å². The van der Waals surface area contributed by atoms with Crippen molar-refractivity contribution in [2.24, 2.45) is 0 Å². The Hall–Kier alpha value is 0.710. The van der Waals surface area contributed by atoms with Gasteiger partial charge < -0.3 is 57.5 Å². The molecule has 18 heavy (non-hydrogen) atoms. The van der Waals surface area contributed by atoms with Crippen LogP contribution in [0.15, 0.2) is 0 Å². The zero-order chi connectivity index (χ0) is 10.5. The van der Waals surface area contributed by atoms with Gasteiger partial charge in [0.1, 0.15) is 26.2 Å². The number of piperidine rings is 1. The third-order valence-corrected chi connectivity index (χ3v) is 3.84. The molecular weight excluding hydrogens is 297 g/mol. The van der Waals surface area contributed by atoms with Gasteiger partial charge in [-0.25, -0.2) is 0 Å². The molecule has 0 aliphatic carbocycles. The van der Waals surface area contributed by atoms with Crippen LogP contribution in [0.1, 0.15) is 12.8 Å². The van der Waals surface area contributed by atoms with Crippen molar-refractivity contribution >= 4 is 0 Å². The van der Waals surface area contributed by atoms with Crippen LogP contribution in [0.3, 0.4) is 0 Å². The van der Waals surface area contributed by atoms with Crippen LogP contribution in [-0.4, -0.2) is 58.5 Å². The molecule has 0 aromatic carbocycles. The van der Waals surface area contributed by atoms with E-state index in [1.807, 2.05) is 0 Å². The van der Waals surface area contributed by atoms with Crippen molar-refractivity contribution in [2.75, 3.05) is 52.5 Å². The Morgan fingerprint density at radius 3 is 1.78 bits per heavy atom. The minimum Gasteiger partial charge on any atom is -1.00 e. The second kappa shape index (κ2) is 11.5. The molecule has 0 saturated carbocycles. The van der Waals surface area contributed by atoms with Gasteiger partial charge >= 0.3 is 0 Å². The second-order valence-corrected chi connectivity index (χ2v) is 5.06. The minimum atomic E-state index is 0. The maximum atomic E-state index is 5.37. The first-order chi connectivity index (χ1) is 7.34. The van der Waals surface area contributed by atoms with Gasteiger partial charge in [-0.2, -0.15) is 0 Å². The van der Waals surface area contributed by atoms with Crippen molar-refractivity contribution in [3.05, 3.63) is 0 Å². The third kappa shape index (κ3) is 7.34. The van der Waals surface area contributed by atoms with E-state index in [9.17, 15) is 0 Å². The lowest BCUT2D eigenvalue weighted by atomic mass is 10.1. The average molecular weight is 323 g/mol. The van der Waals surface area contributed by atoms with Gasteiger partial charge in [0, 0.05) is 12.8 Å². The Balaban J connectivity index is 0. The summed E-state index contributed by atoms with van der Waals surface area (Å²) < 4.78 is 5.37. The topological polar surface area (TPSA) is 45.8 Å². The molecule has 2 rings (SSSR count). The minimum absolute atomic E-state index is 0. The van der Waals surface area contributed by atoms with E-state index in [4.69, 9.17) is 4.74 Å². The molecule has 2 heterocycles. The molecule has 0 unspecified atom stereocenters. The van der Waals surface area contributed by atoms with Crippen LogP contribution in [0.4, 0.5) is 0 Å². The highest BCUT2D eigenvalue weighted by atomic mass is 35.5. The molecule has 2 aliphatic heterocycles. The van der Waals surface area contributed by atoms with Crippen LogP contribution in [-0.2, 0) is 4.74 Å². The number of likely N-dealkylation sites (tertiary alicyclic amines) is 1. The van der Waals surface area contributed by atoms with Crippen LogP contribution in [0.25, 0.3) is 0 Å². The SMILES string of the molecule is [Cl-].[Cl-].[Cl-].[NH3+]C1CC[NH+](CC[NH+]2CCOCC2)CC1. The van der Waals surface area contributed by atoms with Gasteiger partial charge in [0.25, 0.3) is 0 Å². The van der Waals surface area contributed by atoms with Gasteiger partial charge in [-0.3, -0.25) is 0 Å². The monoisotopic (exact) mass is 321 g/mol. The van der Waals surface area contributed by atoms with Crippen molar-refractivity contribution in [3.8, 4) is 0 Å². The van der Waals surface area contributed by atoms with E-state index in [2.05, 4.69) is 5.73 Å². The zero-order valence-electron chi connectivity index (χ0n) is 10.9. The molecule has 2 saturated heterocycles. The van der Waals surface area contributed by atoms with Gasteiger partial charge in [-0.15, -0.1) is 0 Å². The highest BCUT2D eigenvalue weighted by molar-refractivity contribution is 4.56. The number of rotatable bonds is 3. The Morgan fingerprint density at radius 1 is 0.833 bits per heavy atom. The highest BCUT2D eigenvalue weighted by Crippen LogP contribution is 1.91. The number of hydrogen-bond donors (Lipinski definition) is 3. The summed E-state index contributed by atoms with van der Waals surface area (Å²) in [4.78, 5) is 3.54. The second-order valence-electron chi connectivity index (χ2n) is 5.06. The Kier molecular flexibility index (Phi) is 13.5. The molecular formula is C11H26Cl3N3O. The Bertz CT molecular complexity index is 186. The Labute approximate surface area is 129 Å². The van der Waals surface area contributed by atoms with E-state index in [0.717, 1.165) is 19.3 Å². The zero-order valence-corrected chi connectivity index (χ0v) is 13.2. The lowest BCUT2D eigenvalue weighted by Crippen LogP contribution is -3.22. The molecule has 0 radical (unpaired) electrons. The maximum Gasteiger partial charge on any atom is 0.127 e. The van der Waals surface area contributed by atoms with Gasteiger partial charge in [0.15, 0.2) is 0 Å². The fourth-order valence-corrected chi connectivity index (χ4v) is 2.60. The fraction of sp³-hybridized carbons (Fsp3) is 1.00. The first kappa shape index (κ1) is 21.0. The summed E-state index contributed by atoms with van der Waals surface area (Å²) in [6, 6.07) is 0.726. The number of nitrogens with one attached hydrogen (secondary N) is 2. The molecule has 4 nitrogen and oxygen atoms in total. The van der Waals surface area contributed by atoms with Gasteiger partial charge in [-0.1, -0.05) is 0 Å². The third-order valence-electron chi connectivity index (χ3n) is 3.84. The summed E-state index contributed by atoms with van der Waals surface area (Å²) in [5, 5.41) is 0. The molecule has 0 amide bonds. The highest BCUT2D eigenvalue weighted by Gasteiger charge is 2.23. The van der Waals surface area contributed by atoms with Crippen LogP contribution in [0.5, 0.6) is 0 Å². The fourth-order valence-electron chi connectivity index (χ4n) is 2.60. The summed E-state index contributed by atoms with van der Waals surface area (Å²) in [6.07, 6.45) is 2.65. The van der Waals surface area contributed by atoms with E-state index >= 15 is 0 Å². The summed E-state index contributed by atoms with van der Waals surface area (Å²) in [5.74, 6) is 0. The lowest BCUT2D eigenvalue weighted by molar-refractivity contribution is -0.964. The smallest absolute Gasteiger partial charge is 0.127 e. The summed E-state index contributed by atoms with van der Waals surface area (Å²) in [6.45, 7) is 9.73. The number of ether oxygens (including phenoxy) is 1. The molecule has 0 aromatic heterocycles. The first-order valence-corrected chi connectivity index (χ1v) is 6.42. The van der Waals surface area contributed by atoms with Gasteiger partial charge in [0.2, 0.25) is 0 Å². The summed E-state index contributed by atoms with van der Waals surface area (Å²) >= 11 is 0. The molecule has 0 spiro atoms. The normalized spacial score (nSPS) is 28.5. The lowest BCUT2D eigenvalue weighted by Gasteiger charge is -2.28. The predicted octanol–water partition coefficient (Wildman–Crippen LogP) is -12.8. The maximum absolute atomic E-state index is 5.37. The molecule has 7 heteroatoms. The van der Waals surface area contributed by atoms with Crippen LogP contribution in [0, 0.1) is 0 Å². The van der Waals surface area contributed by atoms with Crippen molar-refractivity contribution in [1.82, 2.24) is 0 Å². The van der Waals surface area contributed by atoms with E-state index in [1.54, 1.807) is 9.80 Å². The quantitative estimate of drug-likeness (QED) is 0.475. The van der Waals surface area contributed by atoms with Crippen molar-refractivity contribution < 1.29 is 57.5 Å².